The number of carbonyl (C=O) groups excluding carboxylic acids is 1. The first kappa shape index (κ1) is 14.4. The van der Waals surface area contributed by atoms with Gasteiger partial charge in [0.15, 0.2) is 0 Å². The predicted molar refractivity (Wildman–Crippen MR) is 80.8 cm³/mol. The highest BCUT2D eigenvalue weighted by Crippen LogP contribution is 2.41. The van der Waals surface area contributed by atoms with E-state index in [9.17, 15) is 4.79 Å². The number of halogens is 1. The van der Waals surface area contributed by atoms with Gasteiger partial charge in [-0.3, -0.25) is 4.79 Å². The largest absolute Gasteiger partial charge is 0.325 e. The molecule has 1 aliphatic heterocycles. The average Bonchev–Trinajstić information content (AvgIpc) is 2.61. The highest BCUT2D eigenvalue weighted by Gasteiger charge is 2.38. The van der Waals surface area contributed by atoms with E-state index in [4.69, 9.17) is 11.6 Å². The molecule has 19 heavy (non-hydrogen) atoms. The summed E-state index contributed by atoms with van der Waals surface area (Å²) in [5.41, 5.74) is 2.65. The number of carbonyl (C=O) groups is 1. The van der Waals surface area contributed by atoms with Gasteiger partial charge in [0, 0.05) is 5.69 Å². The first-order valence-electron chi connectivity index (χ1n) is 7.01. The number of fused-ring (bicyclic) bond motifs is 1. The number of rotatable bonds is 4. The molecule has 2 rings (SSSR count). The lowest BCUT2D eigenvalue weighted by molar-refractivity contribution is -0.119. The van der Waals surface area contributed by atoms with E-state index in [1.54, 1.807) is 0 Å². The Kier molecular flexibility index (Phi) is 3.91. The Balaban J connectivity index is 2.37. The minimum atomic E-state index is -0.462. The van der Waals surface area contributed by atoms with Gasteiger partial charge in [0.2, 0.25) is 5.91 Å². The number of benzene rings is 1. The van der Waals surface area contributed by atoms with Crippen LogP contribution in [0, 0.1) is 5.92 Å². The topological polar surface area (TPSA) is 29.1 Å². The van der Waals surface area contributed by atoms with E-state index in [1.807, 2.05) is 26.0 Å². The van der Waals surface area contributed by atoms with Gasteiger partial charge in [-0.05, 0) is 37.0 Å². The predicted octanol–water partition coefficient (Wildman–Crippen LogP) is 4.63. The zero-order valence-corrected chi connectivity index (χ0v) is 12.8. The molecule has 1 aromatic carbocycles. The first-order chi connectivity index (χ1) is 8.91. The quantitative estimate of drug-likeness (QED) is 0.800. The average molecular weight is 280 g/mol. The fraction of sp³-hybridized carbons (Fsp3) is 0.562. The number of anilines is 1. The molecule has 0 saturated carbocycles. The van der Waals surface area contributed by atoms with E-state index < -0.39 is 5.41 Å². The molecule has 1 atom stereocenters. The molecular weight excluding hydrogens is 258 g/mol. The van der Waals surface area contributed by atoms with E-state index in [0.29, 0.717) is 5.92 Å². The lowest BCUT2D eigenvalue weighted by Crippen LogP contribution is -2.26. The summed E-state index contributed by atoms with van der Waals surface area (Å²) >= 11 is 6.60. The molecule has 0 saturated heterocycles. The molecule has 0 aliphatic carbocycles. The molecule has 0 radical (unpaired) electrons. The Morgan fingerprint density at radius 1 is 1.26 bits per heavy atom. The van der Waals surface area contributed by atoms with Crippen LogP contribution in [0.5, 0.6) is 0 Å². The number of alkyl halides is 1. The number of nitrogens with one attached hydrogen (secondary N) is 1. The zero-order valence-electron chi connectivity index (χ0n) is 12.1. The second-order valence-corrected chi connectivity index (χ2v) is 6.33. The summed E-state index contributed by atoms with van der Waals surface area (Å²) in [6.07, 6.45) is 2.14. The summed E-state index contributed by atoms with van der Waals surface area (Å²) in [6, 6.07) is 6.12. The zero-order chi connectivity index (χ0) is 14.2. The standard InChI is InChI=1S/C16H22ClNO/c1-5-10(6-2)14(17)11-7-8-13-12(9-11)16(3,4)15(19)18-13/h7-10,14H,5-6H2,1-4H3,(H,18,19). The first-order valence-corrected chi connectivity index (χ1v) is 7.45. The van der Waals surface area contributed by atoms with Gasteiger partial charge in [0.05, 0.1) is 10.8 Å². The molecule has 1 aromatic rings. The monoisotopic (exact) mass is 279 g/mol. The van der Waals surface area contributed by atoms with Gasteiger partial charge in [0.1, 0.15) is 0 Å². The van der Waals surface area contributed by atoms with Crippen LogP contribution in [-0.4, -0.2) is 5.91 Å². The molecule has 0 spiro atoms. The molecule has 2 nitrogen and oxygen atoms in total. The Morgan fingerprint density at radius 2 is 1.89 bits per heavy atom. The van der Waals surface area contributed by atoms with Gasteiger partial charge in [-0.2, -0.15) is 0 Å². The van der Waals surface area contributed by atoms with Crippen molar-refractivity contribution < 1.29 is 4.79 Å². The summed E-state index contributed by atoms with van der Waals surface area (Å²) in [4.78, 5) is 11.9. The Morgan fingerprint density at radius 3 is 2.47 bits per heavy atom. The van der Waals surface area contributed by atoms with Crippen LogP contribution in [0.1, 0.15) is 57.0 Å². The van der Waals surface area contributed by atoms with Gasteiger partial charge < -0.3 is 5.32 Å². The SMILES string of the molecule is CCC(CC)C(Cl)c1ccc2c(c1)C(C)(C)C(=O)N2. The summed E-state index contributed by atoms with van der Waals surface area (Å²) in [6.45, 7) is 8.26. The minimum absolute atomic E-state index is 0.0202. The van der Waals surface area contributed by atoms with Crippen LogP contribution in [0.2, 0.25) is 0 Å². The van der Waals surface area contributed by atoms with Crippen LogP contribution in [0.25, 0.3) is 0 Å². The van der Waals surface area contributed by atoms with Gasteiger partial charge in [-0.1, -0.05) is 38.8 Å². The molecule has 0 fully saturated rings. The van der Waals surface area contributed by atoms with Crippen LogP contribution >= 0.6 is 11.6 Å². The van der Waals surface area contributed by atoms with E-state index in [1.165, 1.54) is 0 Å². The Hall–Kier alpha value is -1.02. The second-order valence-electron chi connectivity index (χ2n) is 5.86. The lowest BCUT2D eigenvalue weighted by atomic mass is 9.84. The van der Waals surface area contributed by atoms with E-state index >= 15 is 0 Å². The third-order valence-corrected chi connectivity index (χ3v) is 4.92. The smallest absolute Gasteiger partial charge is 0.234 e. The van der Waals surface area contributed by atoms with Crippen molar-refractivity contribution in [2.24, 2.45) is 5.92 Å². The third-order valence-electron chi connectivity index (χ3n) is 4.31. The van der Waals surface area contributed by atoms with Crippen molar-refractivity contribution in [1.29, 1.82) is 0 Å². The second kappa shape index (κ2) is 5.16. The molecule has 1 aliphatic rings. The molecule has 1 amide bonds. The summed E-state index contributed by atoms with van der Waals surface area (Å²) < 4.78 is 0. The van der Waals surface area contributed by atoms with Crippen LogP contribution in [0.3, 0.4) is 0 Å². The molecule has 0 aromatic heterocycles. The van der Waals surface area contributed by atoms with Crippen molar-refractivity contribution in [3.05, 3.63) is 29.3 Å². The maximum absolute atomic E-state index is 11.9. The van der Waals surface area contributed by atoms with Gasteiger partial charge in [-0.25, -0.2) is 0 Å². The lowest BCUT2D eigenvalue weighted by Gasteiger charge is -2.22. The van der Waals surface area contributed by atoms with Crippen LogP contribution in [0.15, 0.2) is 18.2 Å². The molecule has 0 bridgehead atoms. The third kappa shape index (κ3) is 2.38. The molecule has 1 heterocycles. The Labute approximate surface area is 120 Å². The molecule has 1 unspecified atom stereocenters. The van der Waals surface area contributed by atoms with Crippen molar-refractivity contribution in [2.45, 2.75) is 51.3 Å². The van der Waals surface area contributed by atoms with Crippen LogP contribution < -0.4 is 5.32 Å². The number of amides is 1. The van der Waals surface area contributed by atoms with E-state index in [0.717, 1.165) is 29.7 Å². The van der Waals surface area contributed by atoms with Crippen molar-refractivity contribution >= 4 is 23.2 Å². The molecule has 1 N–H and O–H groups in total. The number of hydrogen-bond donors (Lipinski definition) is 1. The Bertz CT molecular complexity index is 492. The normalized spacial score (nSPS) is 18.3. The highest BCUT2D eigenvalue weighted by molar-refractivity contribution is 6.21. The van der Waals surface area contributed by atoms with Crippen LogP contribution in [-0.2, 0) is 10.2 Å². The molecule has 104 valence electrons. The van der Waals surface area contributed by atoms with Crippen molar-refractivity contribution in [3.63, 3.8) is 0 Å². The molecular formula is C16H22ClNO. The summed E-state index contributed by atoms with van der Waals surface area (Å²) in [7, 11) is 0. The fourth-order valence-electron chi connectivity index (χ4n) is 2.74. The van der Waals surface area contributed by atoms with Crippen LogP contribution in [0.4, 0.5) is 5.69 Å². The minimum Gasteiger partial charge on any atom is -0.325 e. The van der Waals surface area contributed by atoms with Gasteiger partial charge in [0.25, 0.3) is 0 Å². The van der Waals surface area contributed by atoms with Crippen molar-refractivity contribution in [2.75, 3.05) is 5.32 Å². The summed E-state index contributed by atoms with van der Waals surface area (Å²) in [5, 5.41) is 2.95. The van der Waals surface area contributed by atoms with Gasteiger partial charge in [-0.15, -0.1) is 11.6 Å². The van der Waals surface area contributed by atoms with E-state index in [2.05, 4.69) is 25.2 Å². The maximum atomic E-state index is 11.9. The van der Waals surface area contributed by atoms with E-state index in [-0.39, 0.29) is 11.3 Å². The molecule has 3 heteroatoms. The fourth-order valence-corrected chi connectivity index (χ4v) is 3.23. The highest BCUT2D eigenvalue weighted by atomic mass is 35.5. The summed E-state index contributed by atoms with van der Waals surface area (Å²) in [5.74, 6) is 0.543. The van der Waals surface area contributed by atoms with Crippen molar-refractivity contribution in [1.82, 2.24) is 0 Å². The maximum Gasteiger partial charge on any atom is 0.234 e. The van der Waals surface area contributed by atoms with Crippen molar-refractivity contribution in [3.8, 4) is 0 Å². The number of hydrogen-bond acceptors (Lipinski definition) is 1. The van der Waals surface area contributed by atoms with Gasteiger partial charge >= 0.3 is 0 Å².